The highest BCUT2D eigenvalue weighted by Gasteiger charge is 2.18. The molecule has 2 heterocycles. The van der Waals surface area contributed by atoms with Crippen molar-refractivity contribution in [1.82, 2.24) is 0 Å². The number of aryl methyl sites for hydroxylation is 1. The van der Waals surface area contributed by atoms with Crippen molar-refractivity contribution in [3.8, 4) is 17.2 Å². The van der Waals surface area contributed by atoms with E-state index in [-0.39, 0.29) is 12.9 Å². The summed E-state index contributed by atoms with van der Waals surface area (Å²) in [6.45, 7) is 2.47. The molecule has 5 nitrogen and oxygen atoms in total. The molecule has 0 saturated heterocycles. The molecule has 0 radical (unpaired) electrons. The SMILES string of the molecule is Cc1ccc(C(CN)Oc2ccc3c(c2)OCO3)o1. The second-order valence-electron chi connectivity index (χ2n) is 4.31. The molecule has 2 N–H and O–H groups in total. The van der Waals surface area contributed by atoms with Gasteiger partial charge in [-0.05, 0) is 31.2 Å². The van der Waals surface area contributed by atoms with E-state index in [4.69, 9.17) is 24.4 Å². The maximum Gasteiger partial charge on any atom is 0.231 e. The fraction of sp³-hybridized carbons (Fsp3) is 0.286. The van der Waals surface area contributed by atoms with Crippen molar-refractivity contribution < 1.29 is 18.6 Å². The molecule has 5 heteroatoms. The maximum atomic E-state index is 5.83. The summed E-state index contributed by atoms with van der Waals surface area (Å²) in [6.07, 6.45) is -0.311. The van der Waals surface area contributed by atoms with Crippen LogP contribution in [0, 0.1) is 6.92 Å². The van der Waals surface area contributed by atoms with Gasteiger partial charge in [-0.3, -0.25) is 0 Å². The van der Waals surface area contributed by atoms with Crippen LogP contribution in [0.3, 0.4) is 0 Å². The van der Waals surface area contributed by atoms with Gasteiger partial charge in [0.15, 0.2) is 17.6 Å². The third-order valence-corrected chi connectivity index (χ3v) is 2.91. The van der Waals surface area contributed by atoms with Crippen LogP contribution in [0.4, 0.5) is 0 Å². The van der Waals surface area contributed by atoms with Crippen LogP contribution in [0.15, 0.2) is 34.7 Å². The number of furan rings is 1. The molecule has 1 aromatic heterocycles. The Morgan fingerprint density at radius 1 is 1.21 bits per heavy atom. The van der Waals surface area contributed by atoms with Crippen LogP contribution in [0.1, 0.15) is 17.6 Å². The first kappa shape index (κ1) is 11.9. The molecule has 3 rings (SSSR count). The highest BCUT2D eigenvalue weighted by Crippen LogP contribution is 2.36. The molecular weight excluding hydrogens is 246 g/mol. The molecule has 1 aliphatic rings. The fourth-order valence-corrected chi connectivity index (χ4v) is 1.96. The molecule has 0 spiro atoms. The number of nitrogens with two attached hydrogens (primary N) is 1. The molecule has 1 atom stereocenters. The topological polar surface area (TPSA) is 66.9 Å². The predicted octanol–water partition coefficient (Wildman–Crippen LogP) is 2.40. The molecule has 1 aliphatic heterocycles. The minimum Gasteiger partial charge on any atom is -0.481 e. The quantitative estimate of drug-likeness (QED) is 0.915. The van der Waals surface area contributed by atoms with E-state index in [0.29, 0.717) is 18.0 Å². The summed E-state index contributed by atoms with van der Waals surface area (Å²) in [6, 6.07) is 9.20. The summed E-state index contributed by atoms with van der Waals surface area (Å²) in [5.41, 5.74) is 5.73. The zero-order valence-electron chi connectivity index (χ0n) is 10.6. The van der Waals surface area contributed by atoms with Gasteiger partial charge in [0.05, 0.1) is 0 Å². The molecule has 2 aromatic rings. The number of rotatable bonds is 4. The number of hydrogen-bond donors (Lipinski definition) is 1. The van der Waals surface area contributed by atoms with Crippen molar-refractivity contribution in [2.45, 2.75) is 13.0 Å². The first-order valence-electron chi connectivity index (χ1n) is 6.09. The second-order valence-corrected chi connectivity index (χ2v) is 4.31. The Bertz CT molecular complexity index is 579. The summed E-state index contributed by atoms with van der Waals surface area (Å²) in [5, 5.41) is 0. The van der Waals surface area contributed by atoms with Crippen LogP contribution in [-0.2, 0) is 0 Å². The molecule has 100 valence electrons. The highest BCUT2D eigenvalue weighted by molar-refractivity contribution is 5.47. The third-order valence-electron chi connectivity index (χ3n) is 2.91. The van der Waals surface area contributed by atoms with Gasteiger partial charge in [-0.25, -0.2) is 0 Å². The highest BCUT2D eigenvalue weighted by atomic mass is 16.7. The fourth-order valence-electron chi connectivity index (χ4n) is 1.96. The number of fused-ring (bicyclic) bond motifs is 1. The summed E-state index contributed by atoms with van der Waals surface area (Å²) < 4.78 is 21.9. The number of hydrogen-bond acceptors (Lipinski definition) is 5. The zero-order valence-corrected chi connectivity index (χ0v) is 10.6. The average Bonchev–Trinajstić information content (AvgIpc) is 3.04. The van der Waals surface area contributed by atoms with E-state index in [2.05, 4.69) is 0 Å². The molecule has 1 unspecified atom stereocenters. The number of benzene rings is 1. The van der Waals surface area contributed by atoms with Gasteiger partial charge >= 0.3 is 0 Å². The minimum absolute atomic E-state index is 0.247. The molecular formula is C14H15NO4. The van der Waals surface area contributed by atoms with E-state index in [1.54, 1.807) is 6.07 Å². The lowest BCUT2D eigenvalue weighted by Gasteiger charge is -2.15. The molecule has 0 saturated carbocycles. The van der Waals surface area contributed by atoms with Crippen LogP contribution in [-0.4, -0.2) is 13.3 Å². The van der Waals surface area contributed by atoms with Gasteiger partial charge in [0.2, 0.25) is 6.79 Å². The number of ether oxygens (including phenoxy) is 3. The van der Waals surface area contributed by atoms with Crippen LogP contribution < -0.4 is 19.9 Å². The maximum absolute atomic E-state index is 5.83. The normalized spacial score (nSPS) is 14.4. The van der Waals surface area contributed by atoms with Gasteiger partial charge in [0.1, 0.15) is 17.3 Å². The smallest absolute Gasteiger partial charge is 0.231 e. The Labute approximate surface area is 110 Å². The van der Waals surface area contributed by atoms with E-state index in [1.807, 2.05) is 31.2 Å². The largest absolute Gasteiger partial charge is 0.481 e. The van der Waals surface area contributed by atoms with Crippen molar-refractivity contribution in [3.05, 3.63) is 41.9 Å². The Hall–Kier alpha value is -2.14. The van der Waals surface area contributed by atoms with Crippen molar-refractivity contribution in [2.24, 2.45) is 5.73 Å². The van der Waals surface area contributed by atoms with Crippen molar-refractivity contribution in [2.75, 3.05) is 13.3 Å². The lowest BCUT2D eigenvalue weighted by atomic mass is 10.2. The summed E-state index contributed by atoms with van der Waals surface area (Å²) in [4.78, 5) is 0. The molecule has 1 aromatic carbocycles. The Morgan fingerprint density at radius 3 is 2.79 bits per heavy atom. The first-order valence-corrected chi connectivity index (χ1v) is 6.09. The molecule has 19 heavy (non-hydrogen) atoms. The van der Waals surface area contributed by atoms with Gasteiger partial charge in [-0.2, -0.15) is 0 Å². The average molecular weight is 261 g/mol. The molecule has 0 aliphatic carbocycles. The van der Waals surface area contributed by atoms with E-state index in [9.17, 15) is 0 Å². The molecule has 0 amide bonds. The van der Waals surface area contributed by atoms with Gasteiger partial charge in [0, 0.05) is 12.6 Å². The predicted molar refractivity (Wildman–Crippen MR) is 68.4 cm³/mol. The summed E-state index contributed by atoms with van der Waals surface area (Å²) >= 11 is 0. The van der Waals surface area contributed by atoms with Crippen LogP contribution in [0.2, 0.25) is 0 Å². The van der Waals surface area contributed by atoms with Crippen molar-refractivity contribution >= 4 is 0 Å². The van der Waals surface area contributed by atoms with Gasteiger partial charge < -0.3 is 24.4 Å². The first-order chi connectivity index (χ1) is 9.26. The third kappa shape index (κ3) is 2.37. The van der Waals surface area contributed by atoms with E-state index < -0.39 is 0 Å². The minimum atomic E-state index is -0.311. The standard InChI is InChI=1S/C14H15NO4/c1-9-2-4-12(18-9)14(7-15)19-10-3-5-11-13(6-10)17-8-16-11/h2-6,14H,7-8,15H2,1H3. The summed E-state index contributed by atoms with van der Waals surface area (Å²) in [7, 11) is 0. The molecule has 0 bridgehead atoms. The van der Waals surface area contributed by atoms with Gasteiger partial charge in [0.25, 0.3) is 0 Å². The van der Waals surface area contributed by atoms with Crippen LogP contribution in [0.5, 0.6) is 17.2 Å². The Morgan fingerprint density at radius 2 is 2.05 bits per heavy atom. The van der Waals surface area contributed by atoms with Gasteiger partial charge in [-0.15, -0.1) is 0 Å². The Kier molecular flexibility index (Phi) is 3.05. The van der Waals surface area contributed by atoms with Gasteiger partial charge in [-0.1, -0.05) is 0 Å². The van der Waals surface area contributed by atoms with Crippen molar-refractivity contribution in [3.63, 3.8) is 0 Å². The lowest BCUT2D eigenvalue weighted by molar-refractivity contribution is 0.172. The summed E-state index contributed by atoms with van der Waals surface area (Å²) in [5.74, 6) is 3.64. The lowest BCUT2D eigenvalue weighted by Crippen LogP contribution is -2.17. The monoisotopic (exact) mass is 261 g/mol. The van der Waals surface area contributed by atoms with Crippen molar-refractivity contribution in [1.29, 1.82) is 0 Å². The second kappa shape index (κ2) is 4.85. The molecule has 0 fully saturated rings. The van der Waals surface area contributed by atoms with E-state index in [1.165, 1.54) is 0 Å². The van der Waals surface area contributed by atoms with E-state index >= 15 is 0 Å². The zero-order chi connectivity index (χ0) is 13.2. The van der Waals surface area contributed by atoms with Crippen LogP contribution in [0.25, 0.3) is 0 Å². The van der Waals surface area contributed by atoms with E-state index in [0.717, 1.165) is 17.3 Å². The van der Waals surface area contributed by atoms with Crippen LogP contribution >= 0.6 is 0 Å². The Balaban J connectivity index is 1.79.